The van der Waals surface area contributed by atoms with Gasteiger partial charge in [0.2, 0.25) is 5.91 Å². The molecule has 2 N–H and O–H groups in total. The Balaban J connectivity index is 1.71. The third-order valence-corrected chi connectivity index (χ3v) is 5.05. The fourth-order valence-corrected chi connectivity index (χ4v) is 3.57. The monoisotopic (exact) mass is 370 g/mol. The Morgan fingerprint density at radius 3 is 2.92 bits per heavy atom. The van der Waals surface area contributed by atoms with Gasteiger partial charge in [-0.05, 0) is 31.5 Å². The van der Waals surface area contributed by atoms with Crippen LogP contribution in [0.15, 0.2) is 34.2 Å². The van der Waals surface area contributed by atoms with Gasteiger partial charge >= 0.3 is 0 Å². The molecule has 0 atom stereocenters. The summed E-state index contributed by atoms with van der Waals surface area (Å²) in [5.41, 5.74) is 3.88. The van der Waals surface area contributed by atoms with Crippen molar-refractivity contribution in [2.45, 2.75) is 20.3 Å². The molecule has 0 aliphatic carbocycles. The summed E-state index contributed by atoms with van der Waals surface area (Å²) >= 11 is 1.45. The number of hydrogen-bond donors (Lipinski definition) is 2. The largest absolute Gasteiger partial charge is 0.496 e. The topological polar surface area (TPSA) is 96.4 Å². The number of nitrogens with zero attached hydrogens (tertiary/aromatic N) is 2. The lowest BCUT2D eigenvalue weighted by Gasteiger charge is -2.03. The van der Waals surface area contributed by atoms with Gasteiger partial charge in [-0.25, -0.2) is 10.4 Å². The number of nitrogens with one attached hydrogen (secondary N) is 2. The lowest BCUT2D eigenvalue weighted by Crippen LogP contribution is -2.23. The highest BCUT2D eigenvalue weighted by atomic mass is 32.1. The Morgan fingerprint density at radius 1 is 1.38 bits per heavy atom. The molecule has 0 saturated carbocycles. The van der Waals surface area contributed by atoms with Crippen LogP contribution in [0, 0.1) is 13.8 Å². The van der Waals surface area contributed by atoms with E-state index in [1.807, 2.05) is 32.0 Å². The minimum atomic E-state index is -0.372. The van der Waals surface area contributed by atoms with Crippen LogP contribution in [0.2, 0.25) is 0 Å². The number of aromatic amines is 1. The van der Waals surface area contributed by atoms with Crippen molar-refractivity contribution in [2.75, 3.05) is 7.11 Å². The molecule has 134 valence electrons. The maximum absolute atomic E-state index is 12.2. The van der Waals surface area contributed by atoms with Crippen molar-refractivity contribution < 1.29 is 9.53 Å². The first-order valence-corrected chi connectivity index (χ1v) is 8.75. The van der Waals surface area contributed by atoms with Gasteiger partial charge in [-0.2, -0.15) is 5.10 Å². The van der Waals surface area contributed by atoms with E-state index >= 15 is 0 Å². The lowest BCUT2D eigenvalue weighted by atomic mass is 10.2. The van der Waals surface area contributed by atoms with E-state index in [0.29, 0.717) is 21.8 Å². The zero-order chi connectivity index (χ0) is 18.7. The number of carbonyl (C=O) groups is 1. The van der Waals surface area contributed by atoms with Crippen LogP contribution in [-0.2, 0) is 11.2 Å². The number of rotatable bonds is 5. The normalized spacial score (nSPS) is 11.2. The predicted octanol–water partition coefficient (Wildman–Crippen LogP) is 2.30. The van der Waals surface area contributed by atoms with E-state index in [1.54, 1.807) is 13.2 Å². The Labute approximate surface area is 153 Å². The number of H-pyrrole nitrogens is 1. The summed E-state index contributed by atoms with van der Waals surface area (Å²) in [6.07, 6.45) is 1.44. The summed E-state index contributed by atoms with van der Waals surface area (Å²) < 4.78 is 5.21. The molecular formula is C18H18N4O3S. The number of ether oxygens (including phenoxy) is 1. The maximum atomic E-state index is 12.2. The molecule has 0 radical (unpaired) electrons. The molecule has 7 nitrogen and oxygen atoms in total. The highest BCUT2D eigenvalue weighted by Crippen LogP contribution is 2.25. The van der Waals surface area contributed by atoms with Gasteiger partial charge in [0, 0.05) is 10.4 Å². The van der Waals surface area contributed by atoms with Gasteiger partial charge in [-0.3, -0.25) is 9.59 Å². The highest BCUT2D eigenvalue weighted by Gasteiger charge is 2.13. The molecule has 1 amide bonds. The zero-order valence-electron chi connectivity index (χ0n) is 14.6. The van der Waals surface area contributed by atoms with Crippen LogP contribution in [0.1, 0.15) is 21.8 Å². The molecule has 0 aliphatic heterocycles. The molecule has 0 spiro atoms. The van der Waals surface area contributed by atoms with Crippen LogP contribution in [0.3, 0.4) is 0 Å². The Kier molecular flexibility index (Phi) is 5.13. The molecule has 0 unspecified atom stereocenters. The first kappa shape index (κ1) is 17.8. The van der Waals surface area contributed by atoms with Crippen molar-refractivity contribution >= 4 is 33.7 Å². The molecule has 2 heterocycles. The quantitative estimate of drug-likeness (QED) is 0.532. The minimum absolute atomic E-state index is 0.0650. The average Bonchev–Trinajstić information content (AvgIpc) is 2.89. The Hall–Kier alpha value is -3.00. The van der Waals surface area contributed by atoms with Crippen LogP contribution >= 0.6 is 11.3 Å². The van der Waals surface area contributed by atoms with Crippen LogP contribution in [0.4, 0.5) is 0 Å². The van der Waals surface area contributed by atoms with Crippen molar-refractivity contribution in [3.05, 3.63) is 56.4 Å². The minimum Gasteiger partial charge on any atom is -0.496 e. The molecule has 0 bridgehead atoms. The van der Waals surface area contributed by atoms with Crippen LogP contribution in [0.25, 0.3) is 10.2 Å². The van der Waals surface area contributed by atoms with Gasteiger partial charge in [0.15, 0.2) is 0 Å². The molecule has 3 rings (SSSR count). The Bertz CT molecular complexity index is 1050. The number of para-hydroxylation sites is 1. The van der Waals surface area contributed by atoms with Crippen molar-refractivity contribution in [3.8, 4) is 5.75 Å². The number of hydrogen-bond acceptors (Lipinski definition) is 6. The lowest BCUT2D eigenvalue weighted by molar-refractivity contribution is -0.120. The molecule has 8 heteroatoms. The summed E-state index contributed by atoms with van der Waals surface area (Å²) in [7, 11) is 1.57. The van der Waals surface area contributed by atoms with E-state index in [9.17, 15) is 9.59 Å². The predicted molar refractivity (Wildman–Crippen MR) is 102 cm³/mol. The molecule has 0 aliphatic rings. The molecule has 0 fully saturated rings. The van der Waals surface area contributed by atoms with E-state index in [1.165, 1.54) is 17.6 Å². The number of thiophene rings is 1. The fourth-order valence-electron chi connectivity index (χ4n) is 2.52. The van der Waals surface area contributed by atoms with Crippen molar-refractivity contribution in [2.24, 2.45) is 5.10 Å². The molecule has 26 heavy (non-hydrogen) atoms. The maximum Gasteiger partial charge on any atom is 0.259 e. The first-order valence-electron chi connectivity index (χ1n) is 7.93. The van der Waals surface area contributed by atoms with Crippen molar-refractivity contribution in [3.63, 3.8) is 0 Å². The molecular weight excluding hydrogens is 352 g/mol. The van der Waals surface area contributed by atoms with Gasteiger partial charge in [0.05, 0.1) is 25.1 Å². The number of hydrazone groups is 1. The van der Waals surface area contributed by atoms with Gasteiger partial charge < -0.3 is 9.72 Å². The average molecular weight is 370 g/mol. The summed E-state index contributed by atoms with van der Waals surface area (Å²) in [6, 6.07) is 7.32. The molecule has 0 saturated heterocycles. The van der Waals surface area contributed by atoms with Crippen LogP contribution in [-0.4, -0.2) is 29.2 Å². The number of fused-ring (bicyclic) bond motifs is 1. The third-order valence-electron chi connectivity index (χ3n) is 3.95. The standard InChI is InChI=1S/C18H18N4O3S/c1-10-11(2)26-18-16(10)17(24)20-14(21-18)8-15(23)22-19-9-12-6-4-5-7-13(12)25-3/h4-7,9H,8H2,1-3H3,(H,22,23)(H,20,21,24)/b19-9-. The van der Waals surface area contributed by atoms with Gasteiger partial charge in [-0.15, -0.1) is 11.3 Å². The first-order chi connectivity index (χ1) is 12.5. The second-order valence-corrected chi connectivity index (χ2v) is 6.89. The summed E-state index contributed by atoms with van der Waals surface area (Å²) in [5, 5.41) is 4.52. The molecule has 2 aromatic heterocycles. The summed E-state index contributed by atoms with van der Waals surface area (Å²) in [4.78, 5) is 33.0. The van der Waals surface area contributed by atoms with E-state index < -0.39 is 0 Å². The third kappa shape index (κ3) is 3.65. The van der Waals surface area contributed by atoms with Gasteiger partial charge in [0.1, 0.15) is 16.4 Å². The van der Waals surface area contributed by atoms with E-state index in [4.69, 9.17) is 4.74 Å². The second-order valence-electron chi connectivity index (χ2n) is 5.69. The molecule has 1 aromatic carbocycles. The number of aryl methyl sites for hydroxylation is 2. The fraction of sp³-hybridized carbons (Fsp3) is 0.222. The van der Waals surface area contributed by atoms with Crippen molar-refractivity contribution in [1.29, 1.82) is 0 Å². The number of amides is 1. The summed E-state index contributed by atoms with van der Waals surface area (Å²) in [6.45, 7) is 3.84. The summed E-state index contributed by atoms with van der Waals surface area (Å²) in [5.74, 6) is 0.600. The van der Waals surface area contributed by atoms with E-state index in [0.717, 1.165) is 16.0 Å². The number of carbonyl (C=O) groups excluding carboxylic acids is 1. The number of methoxy groups -OCH3 is 1. The SMILES string of the molecule is COc1ccccc1/C=N\NC(=O)Cc1nc2sc(C)c(C)c2c(=O)[nH]1. The second kappa shape index (κ2) is 7.49. The number of aromatic nitrogens is 2. The highest BCUT2D eigenvalue weighted by molar-refractivity contribution is 7.18. The van der Waals surface area contributed by atoms with Crippen LogP contribution < -0.4 is 15.7 Å². The van der Waals surface area contributed by atoms with E-state index in [-0.39, 0.29) is 17.9 Å². The van der Waals surface area contributed by atoms with Gasteiger partial charge in [0.25, 0.3) is 5.56 Å². The zero-order valence-corrected chi connectivity index (χ0v) is 15.4. The smallest absolute Gasteiger partial charge is 0.259 e. The van der Waals surface area contributed by atoms with Gasteiger partial charge in [-0.1, -0.05) is 12.1 Å². The van der Waals surface area contributed by atoms with Crippen molar-refractivity contribution in [1.82, 2.24) is 15.4 Å². The molecule has 3 aromatic rings. The van der Waals surface area contributed by atoms with E-state index in [2.05, 4.69) is 20.5 Å². The Morgan fingerprint density at radius 2 is 2.15 bits per heavy atom. The van der Waals surface area contributed by atoms with Crippen LogP contribution in [0.5, 0.6) is 5.75 Å². The number of benzene rings is 1.